The average molecular weight is 399 g/mol. The van der Waals surface area contributed by atoms with Gasteiger partial charge in [-0.2, -0.15) is 10.1 Å². The molecule has 3 heterocycles. The molecule has 3 aromatic heterocycles. The topological polar surface area (TPSA) is 79.6 Å². The van der Waals surface area contributed by atoms with Crippen molar-refractivity contribution < 1.29 is 0 Å². The van der Waals surface area contributed by atoms with E-state index >= 15 is 0 Å². The number of nitrogens with zero attached hydrogens (tertiary/aromatic N) is 6. The second-order valence-corrected chi connectivity index (χ2v) is 7.28. The Labute approximate surface area is 165 Å². The van der Waals surface area contributed by atoms with E-state index in [9.17, 15) is 9.59 Å². The zero-order chi connectivity index (χ0) is 20.2. The van der Waals surface area contributed by atoms with Crippen molar-refractivity contribution in [1.29, 1.82) is 0 Å². The van der Waals surface area contributed by atoms with Gasteiger partial charge < -0.3 is 0 Å². The van der Waals surface area contributed by atoms with Gasteiger partial charge in [-0.15, -0.1) is 0 Å². The summed E-state index contributed by atoms with van der Waals surface area (Å²) in [5.41, 5.74) is 2.52. The first-order chi connectivity index (χ1) is 13.3. The highest BCUT2D eigenvalue weighted by molar-refractivity contribution is 6.30. The van der Waals surface area contributed by atoms with Crippen molar-refractivity contribution in [1.82, 2.24) is 28.5 Å². The molecule has 0 saturated carbocycles. The number of fused-ring (bicyclic) bond motifs is 1. The highest BCUT2D eigenvalue weighted by Crippen LogP contribution is 2.20. The monoisotopic (exact) mass is 398 g/mol. The summed E-state index contributed by atoms with van der Waals surface area (Å²) >= 11 is 6.00. The molecule has 0 spiro atoms. The maximum atomic E-state index is 12.9. The van der Waals surface area contributed by atoms with Crippen LogP contribution in [0.25, 0.3) is 17.1 Å². The van der Waals surface area contributed by atoms with E-state index in [-0.39, 0.29) is 0 Å². The first-order valence-electron chi connectivity index (χ1n) is 8.72. The van der Waals surface area contributed by atoms with Gasteiger partial charge in [0.05, 0.1) is 12.2 Å². The molecule has 4 rings (SSSR count). The molecule has 0 unspecified atom stereocenters. The van der Waals surface area contributed by atoms with Crippen LogP contribution in [-0.4, -0.2) is 28.5 Å². The average Bonchev–Trinajstić information content (AvgIpc) is 3.19. The smallest absolute Gasteiger partial charge is 0.298 e. The quantitative estimate of drug-likeness (QED) is 0.528. The van der Waals surface area contributed by atoms with Crippen LogP contribution in [-0.2, 0) is 20.6 Å². The Hall–Kier alpha value is -3.13. The van der Waals surface area contributed by atoms with Gasteiger partial charge in [0.1, 0.15) is 0 Å². The normalized spacial score (nSPS) is 11.5. The summed E-state index contributed by atoms with van der Waals surface area (Å²) in [5, 5.41) is 5.15. The molecular formula is C19H19ClN6O2. The summed E-state index contributed by atoms with van der Waals surface area (Å²) in [6, 6.07) is 9.32. The summed E-state index contributed by atoms with van der Waals surface area (Å²) in [7, 11) is 3.07. The second kappa shape index (κ2) is 6.49. The van der Waals surface area contributed by atoms with Gasteiger partial charge in [-0.05, 0) is 37.6 Å². The predicted octanol–water partition coefficient (Wildman–Crippen LogP) is 1.94. The van der Waals surface area contributed by atoms with Gasteiger partial charge in [-0.25, -0.2) is 9.48 Å². The van der Waals surface area contributed by atoms with E-state index in [0.29, 0.717) is 28.7 Å². The summed E-state index contributed by atoms with van der Waals surface area (Å²) in [6.45, 7) is 4.20. The Balaban J connectivity index is 2.07. The van der Waals surface area contributed by atoms with Crippen LogP contribution in [0.4, 0.5) is 0 Å². The number of imidazole rings is 1. The van der Waals surface area contributed by atoms with Crippen LogP contribution >= 0.6 is 11.6 Å². The molecule has 0 aliphatic carbocycles. The molecule has 9 heteroatoms. The van der Waals surface area contributed by atoms with Gasteiger partial charge in [0, 0.05) is 24.8 Å². The van der Waals surface area contributed by atoms with Crippen molar-refractivity contribution in [2.24, 2.45) is 14.1 Å². The number of hydrogen-bond acceptors (Lipinski definition) is 4. The van der Waals surface area contributed by atoms with Crippen LogP contribution in [0.5, 0.6) is 0 Å². The van der Waals surface area contributed by atoms with Crippen LogP contribution in [0.1, 0.15) is 17.0 Å². The predicted molar refractivity (Wildman–Crippen MR) is 107 cm³/mol. The highest BCUT2D eigenvalue weighted by Gasteiger charge is 2.21. The Morgan fingerprint density at radius 3 is 2.32 bits per heavy atom. The number of hydrogen-bond donors (Lipinski definition) is 0. The lowest BCUT2D eigenvalue weighted by molar-refractivity contribution is 0.691. The first-order valence-corrected chi connectivity index (χ1v) is 9.10. The molecule has 0 saturated heterocycles. The molecule has 8 nitrogen and oxygen atoms in total. The third-order valence-electron chi connectivity index (χ3n) is 4.78. The molecule has 144 valence electrons. The third-order valence-corrected chi connectivity index (χ3v) is 5.03. The Morgan fingerprint density at radius 2 is 1.71 bits per heavy atom. The fourth-order valence-corrected chi connectivity index (χ4v) is 3.48. The molecule has 0 amide bonds. The van der Waals surface area contributed by atoms with Crippen molar-refractivity contribution in [2.45, 2.75) is 20.4 Å². The fourth-order valence-electron chi connectivity index (χ4n) is 3.35. The van der Waals surface area contributed by atoms with E-state index < -0.39 is 11.2 Å². The van der Waals surface area contributed by atoms with E-state index in [1.807, 2.05) is 32.0 Å². The molecule has 0 radical (unpaired) electrons. The van der Waals surface area contributed by atoms with Gasteiger partial charge in [0.15, 0.2) is 11.2 Å². The van der Waals surface area contributed by atoms with Gasteiger partial charge in [-0.1, -0.05) is 23.7 Å². The molecule has 28 heavy (non-hydrogen) atoms. The van der Waals surface area contributed by atoms with Crippen LogP contribution in [0.3, 0.4) is 0 Å². The van der Waals surface area contributed by atoms with Crippen molar-refractivity contribution in [3.63, 3.8) is 0 Å². The van der Waals surface area contributed by atoms with Crippen LogP contribution in [0.2, 0.25) is 5.02 Å². The molecule has 0 N–H and O–H groups in total. The molecule has 0 atom stereocenters. The van der Waals surface area contributed by atoms with Crippen LogP contribution in [0, 0.1) is 13.8 Å². The maximum Gasteiger partial charge on any atom is 0.332 e. The molecule has 4 aromatic rings. The lowest BCUT2D eigenvalue weighted by Gasteiger charge is -2.11. The van der Waals surface area contributed by atoms with Crippen LogP contribution < -0.4 is 11.2 Å². The van der Waals surface area contributed by atoms with E-state index in [1.54, 1.807) is 28.4 Å². The summed E-state index contributed by atoms with van der Waals surface area (Å²) in [6.07, 6.45) is 0. The molecule has 0 bridgehead atoms. The second-order valence-electron chi connectivity index (χ2n) is 6.84. The SMILES string of the molecule is Cc1cc(C)n(-c2nc3c(c(=O)n(C)c(=O)n3C)n2Cc2ccc(Cl)cc2)n1. The highest BCUT2D eigenvalue weighted by atomic mass is 35.5. The van der Waals surface area contributed by atoms with Crippen molar-refractivity contribution in [2.75, 3.05) is 0 Å². The summed E-state index contributed by atoms with van der Waals surface area (Å²) < 4.78 is 5.95. The minimum absolute atomic E-state index is 0.324. The number of rotatable bonds is 3. The van der Waals surface area contributed by atoms with Crippen molar-refractivity contribution in [3.8, 4) is 5.95 Å². The Morgan fingerprint density at radius 1 is 1.04 bits per heavy atom. The van der Waals surface area contributed by atoms with Gasteiger partial charge in [0.25, 0.3) is 5.56 Å². The standard InChI is InChI=1S/C19H19ClN6O2/c1-11-9-12(2)26(22-11)18-21-16-15(17(27)24(4)19(28)23(16)3)25(18)10-13-5-7-14(20)8-6-13/h5-9H,10H2,1-4H3. The van der Waals surface area contributed by atoms with E-state index in [4.69, 9.17) is 11.6 Å². The minimum Gasteiger partial charge on any atom is -0.298 e. The number of benzene rings is 1. The van der Waals surface area contributed by atoms with E-state index in [2.05, 4.69) is 10.1 Å². The fraction of sp³-hybridized carbons (Fsp3) is 0.263. The zero-order valence-electron chi connectivity index (χ0n) is 16.0. The minimum atomic E-state index is -0.423. The van der Waals surface area contributed by atoms with Gasteiger partial charge in [0.2, 0.25) is 5.95 Å². The molecular weight excluding hydrogens is 380 g/mol. The van der Waals surface area contributed by atoms with Crippen LogP contribution in [0.15, 0.2) is 39.9 Å². The first kappa shape index (κ1) is 18.2. The zero-order valence-corrected chi connectivity index (χ0v) is 16.7. The molecule has 1 aromatic carbocycles. The molecule has 0 fully saturated rings. The van der Waals surface area contributed by atoms with Crippen molar-refractivity contribution in [3.05, 3.63) is 73.1 Å². The Kier molecular flexibility index (Phi) is 4.23. The summed E-state index contributed by atoms with van der Waals surface area (Å²) in [4.78, 5) is 29.9. The number of halogens is 1. The largest absolute Gasteiger partial charge is 0.332 e. The van der Waals surface area contributed by atoms with Gasteiger partial charge in [-0.3, -0.25) is 18.5 Å². The Bertz CT molecular complexity index is 1320. The lowest BCUT2D eigenvalue weighted by Crippen LogP contribution is -2.37. The lowest BCUT2D eigenvalue weighted by atomic mass is 10.2. The van der Waals surface area contributed by atoms with E-state index in [1.165, 1.54) is 11.6 Å². The number of aromatic nitrogens is 6. The molecule has 0 aliphatic rings. The van der Waals surface area contributed by atoms with Gasteiger partial charge >= 0.3 is 5.69 Å². The molecule has 0 aliphatic heterocycles. The van der Waals surface area contributed by atoms with Crippen molar-refractivity contribution >= 4 is 22.8 Å². The maximum absolute atomic E-state index is 12.9. The summed E-state index contributed by atoms with van der Waals surface area (Å²) in [5.74, 6) is 0.480. The third kappa shape index (κ3) is 2.77. The number of aryl methyl sites for hydroxylation is 3. The van der Waals surface area contributed by atoms with E-state index in [0.717, 1.165) is 21.5 Å².